The number of rotatable bonds is 7. The Morgan fingerprint density at radius 1 is 1.26 bits per heavy atom. The minimum absolute atomic E-state index is 0.0533. The first-order valence-corrected chi connectivity index (χ1v) is 9.81. The van der Waals surface area contributed by atoms with Crippen molar-refractivity contribution in [1.29, 1.82) is 0 Å². The Kier molecular flexibility index (Phi) is 7.92. The molecule has 2 amide bonds. The molecule has 150 valence electrons. The number of nitrogens with zero attached hydrogens (tertiary/aromatic N) is 2. The summed E-state index contributed by atoms with van der Waals surface area (Å²) in [6.07, 6.45) is 5.73. The minimum Gasteiger partial charge on any atom is -0.495 e. The molecule has 0 spiro atoms. The third-order valence-corrected chi connectivity index (χ3v) is 5.55. The van der Waals surface area contributed by atoms with Crippen LogP contribution in [0.2, 0.25) is 5.02 Å². The summed E-state index contributed by atoms with van der Waals surface area (Å²) in [6.45, 7) is 1.94. The molecule has 1 fully saturated rings. The molecule has 1 aliphatic carbocycles. The molecule has 0 saturated heterocycles. The summed E-state index contributed by atoms with van der Waals surface area (Å²) in [5.74, 6) is 0.368. The molecule has 0 unspecified atom stereocenters. The van der Waals surface area contributed by atoms with Crippen LogP contribution >= 0.6 is 11.6 Å². The highest BCUT2D eigenvalue weighted by Crippen LogP contribution is 2.27. The number of ether oxygens (including phenoxy) is 1. The number of hydrogen-bond acceptors (Lipinski definition) is 4. The summed E-state index contributed by atoms with van der Waals surface area (Å²) in [7, 11) is 5.19. The second-order valence-corrected chi connectivity index (χ2v) is 7.66. The predicted molar refractivity (Wildman–Crippen MR) is 108 cm³/mol. The quantitative estimate of drug-likeness (QED) is 0.768. The average Bonchev–Trinajstić information content (AvgIpc) is 2.67. The first-order valence-electron chi connectivity index (χ1n) is 9.43. The van der Waals surface area contributed by atoms with Gasteiger partial charge in [0.1, 0.15) is 5.75 Å². The second-order valence-electron chi connectivity index (χ2n) is 7.22. The summed E-state index contributed by atoms with van der Waals surface area (Å²) in [4.78, 5) is 28.8. The van der Waals surface area contributed by atoms with E-state index in [2.05, 4.69) is 5.32 Å². The van der Waals surface area contributed by atoms with Gasteiger partial charge in [0.25, 0.3) is 0 Å². The normalized spacial score (nSPS) is 16.1. The molecule has 1 saturated carbocycles. The van der Waals surface area contributed by atoms with Crippen molar-refractivity contribution in [1.82, 2.24) is 9.80 Å². The standard InChI is InChI=1S/C20H30ClN3O3/c1-14(20(26)24(3)16-8-6-5-7-9-16)23(2)13-19(25)22-17-12-15(21)10-11-18(17)27-4/h10-12,14,16H,5-9,13H2,1-4H3,(H,22,25)/t14-/m0/s1. The lowest BCUT2D eigenvalue weighted by Gasteiger charge is -2.35. The fourth-order valence-electron chi connectivity index (χ4n) is 3.46. The molecular weight excluding hydrogens is 366 g/mol. The third-order valence-electron chi connectivity index (χ3n) is 5.32. The summed E-state index contributed by atoms with van der Waals surface area (Å²) in [5, 5.41) is 3.32. The molecule has 0 aliphatic heterocycles. The van der Waals surface area contributed by atoms with Gasteiger partial charge < -0.3 is 15.0 Å². The Labute approximate surface area is 166 Å². The van der Waals surface area contributed by atoms with Crippen molar-refractivity contribution in [3.8, 4) is 5.75 Å². The van der Waals surface area contributed by atoms with Crippen molar-refractivity contribution in [2.75, 3.05) is 33.1 Å². The van der Waals surface area contributed by atoms with E-state index in [4.69, 9.17) is 16.3 Å². The first kappa shape index (κ1) is 21.5. The minimum atomic E-state index is -0.371. The Balaban J connectivity index is 1.93. The molecule has 1 atom stereocenters. The summed E-state index contributed by atoms with van der Waals surface area (Å²) in [6, 6.07) is 4.98. The lowest BCUT2D eigenvalue weighted by atomic mass is 9.94. The molecule has 1 aromatic carbocycles. The van der Waals surface area contributed by atoms with Crippen molar-refractivity contribution in [2.24, 2.45) is 0 Å². The zero-order valence-corrected chi connectivity index (χ0v) is 17.4. The van der Waals surface area contributed by atoms with Crippen LogP contribution in [0.5, 0.6) is 5.75 Å². The Morgan fingerprint density at radius 3 is 2.56 bits per heavy atom. The smallest absolute Gasteiger partial charge is 0.239 e. The van der Waals surface area contributed by atoms with Crippen molar-refractivity contribution in [2.45, 2.75) is 51.1 Å². The predicted octanol–water partition coefficient (Wildman–Crippen LogP) is 3.40. The second kappa shape index (κ2) is 9.95. The number of amides is 2. The molecule has 2 rings (SSSR count). The molecule has 0 bridgehead atoms. The average molecular weight is 396 g/mol. The van der Waals surface area contributed by atoms with Gasteiger partial charge in [-0.05, 0) is 45.0 Å². The first-order chi connectivity index (χ1) is 12.8. The highest BCUT2D eigenvalue weighted by molar-refractivity contribution is 6.31. The van der Waals surface area contributed by atoms with E-state index in [0.29, 0.717) is 22.5 Å². The van der Waals surface area contributed by atoms with Crippen molar-refractivity contribution in [3.05, 3.63) is 23.2 Å². The fourth-order valence-corrected chi connectivity index (χ4v) is 3.63. The SMILES string of the molecule is COc1ccc(Cl)cc1NC(=O)CN(C)[C@@H](C)C(=O)N(C)C1CCCCC1. The highest BCUT2D eigenvalue weighted by Gasteiger charge is 2.28. The Hall–Kier alpha value is -1.79. The fraction of sp³-hybridized carbons (Fsp3) is 0.600. The molecule has 0 heterocycles. The number of carbonyl (C=O) groups is 2. The number of methoxy groups -OCH3 is 1. The molecule has 6 nitrogen and oxygen atoms in total. The van der Waals surface area contributed by atoms with Gasteiger partial charge in [-0.15, -0.1) is 0 Å². The van der Waals surface area contributed by atoms with Gasteiger partial charge in [0.05, 0.1) is 25.4 Å². The molecule has 1 aliphatic rings. The van der Waals surface area contributed by atoms with E-state index in [1.807, 2.05) is 18.9 Å². The van der Waals surface area contributed by atoms with Crippen molar-refractivity contribution < 1.29 is 14.3 Å². The molecule has 1 N–H and O–H groups in total. The maximum atomic E-state index is 12.8. The van der Waals surface area contributed by atoms with Gasteiger partial charge in [-0.25, -0.2) is 0 Å². The lowest BCUT2D eigenvalue weighted by Crippen LogP contribution is -2.49. The molecule has 1 aromatic rings. The van der Waals surface area contributed by atoms with Crippen LogP contribution in [0.3, 0.4) is 0 Å². The van der Waals surface area contributed by atoms with Crippen LogP contribution in [-0.4, -0.2) is 61.4 Å². The number of anilines is 1. The van der Waals surface area contributed by atoms with E-state index in [1.165, 1.54) is 26.4 Å². The lowest BCUT2D eigenvalue weighted by molar-refractivity contribution is -0.137. The molecule has 0 radical (unpaired) electrons. The number of halogens is 1. The maximum Gasteiger partial charge on any atom is 0.239 e. The number of carbonyl (C=O) groups excluding carboxylic acids is 2. The van der Waals surface area contributed by atoms with Gasteiger partial charge in [-0.2, -0.15) is 0 Å². The number of likely N-dealkylation sites (N-methyl/N-ethyl adjacent to an activating group) is 2. The van der Waals surface area contributed by atoms with E-state index in [9.17, 15) is 9.59 Å². The van der Waals surface area contributed by atoms with E-state index in [1.54, 1.807) is 30.1 Å². The van der Waals surface area contributed by atoms with Crippen molar-refractivity contribution in [3.63, 3.8) is 0 Å². The Morgan fingerprint density at radius 2 is 1.93 bits per heavy atom. The number of nitrogens with one attached hydrogen (secondary N) is 1. The zero-order valence-electron chi connectivity index (χ0n) is 16.6. The van der Waals surface area contributed by atoms with Crippen LogP contribution in [0.25, 0.3) is 0 Å². The van der Waals surface area contributed by atoms with Gasteiger partial charge in [-0.3, -0.25) is 14.5 Å². The summed E-state index contributed by atoms with van der Waals surface area (Å²) < 4.78 is 5.24. The van der Waals surface area contributed by atoms with Crippen LogP contribution in [0.4, 0.5) is 5.69 Å². The molecule has 27 heavy (non-hydrogen) atoms. The zero-order chi connectivity index (χ0) is 20.0. The van der Waals surface area contributed by atoms with Crippen LogP contribution in [0.1, 0.15) is 39.0 Å². The van der Waals surface area contributed by atoms with E-state index >= 15 is 0 Å². The van der Waals surface area contributed by atoms with Gasteiger partial charge >= 0.3 is 0 Å². The number of benzene rings is 1. The van der Waals surface area contributed by atoms with Gasteiger partial charge in [-0.1, -0.05) is 30.9 Å². The van der Waals surface area contributed by atoms with Crippen LogP contribution in [0, 0.1) is 0 Å². The van der Waals surface area contributed by atoms with Gasteiger partial charge in [0.15, 0.2) is 0 Å². The summed E-state index contributed by atoms with van der Waals surface area (Å²) in [5.41, 5.74) is 0.515. The van der Waals surface area contributed by atoms with Crippen molar-refractivity contribution >= 4 is 29.1 Å². The monoisotopic (exact) mass is 395 g/mol. The topological polar surface area (TPSA) is 61.9 Å². The highest BCUT2D eigenvalue weighted by atomic mass is 35.5. The molecule has 7 heteroatoms. The molecule has 0 aromatic heterocycles. The van der Waals surface area contributed by atoms with Crippen LogP contribution in [0.15, 0.2) is 18.2 Å². The van der Waals surface area contributed by atoms with Gasteiger partial charge in [0.2, 0.25) is 11.8 Å². The largest absolute Gasteiger partial charge is 0.495 e. The number of hydrogen-bond donors (Lipinski definition) is 1. The van der Waals surface area contributed by atoms with Crippen LogP contribution < -0.4 is 10.1 Å². The van der Waals surface area contributed by atoms with E-state index in [-0.39, 0.29) is 24.4 Å². The van der Waals surface area contributed by atoms with Gasteiger partial charge in [0, 0.05) is 18.1 Å². The Bertz CT molecular complexity index is 662. The van der Waals surface area contributed by atoms with Crippen LogP contribution in [-0.2, 0) is 9.59 Å². The maximum absolute atomic E-state index is 12.8. The third kappa shape index (κ3) is 5.84. The van der Waals surface area contributed by atoms with E-state index in [0.717, 1.165) is 12.8 Å². The molecular formula is C20H30ClN3O3. The summed E-state index contributed by atoms with van der Waals surface area (Å²) >= 11 is 6.00. The van der Waals surface area contributed by atoms with E-state index < -0.39 is 0 Å².